The Hall–Kier alpha value is -0.0300. The molecule has 0 unspecified atom stereocenters. The van der Waals surface area contributed by atoms with Gasteiger partial charge in [-0.3, -0.25) is 8.75 Å². The minimum Gasteiger partial charge on any atom is -0.412 e. The van der Waals surface area contributed by atoms with Gasteiger partial charge >= 0.3 is 0 Å². The van der Waals surface area contributed by atoms with E-state index in [0.29, 0.717) is 4.34 Å². The van der Waals surface area contributed by atoms with Crippen molar-refractivity contribution in [3.63, 3.8) is 0 Å². The van der Waals surface area contributed by atoms with Gasteiger partial charge in [-0.2, -0.15) is 0 Å². The van der Waals surface area contributed by atoms with E-state index in [1.165, 1.54) is 43.6 Å². The van der Waals surface area contributed by atoms with E-state index in [0.717, 1.165) is 13.0 Å². The summed E-state index contributed by atoms with van der Waals surface area (Å²) in [7, 11) is 0. The zero-order chi connectivity index (χ0) is 12.0. The van der Waals surface area contributed by atoms with E-state index in [4.69, 9.17) is 23.2 Å². The molecule has 1 aromatic rings. The maximum atomic E-state index is 11.5. The molecule has 0 aliphatic rings. The fraction of sp³-hybridized carbons (Fsp3) is 0.727. The van der Waals surface area contributed by atoms with Gasteiger partial charge in [0, 0.05) is 6.54 Å². The molecule has 1 heterocycles. The van der Waals surface area contributed by atoms with Crippen LogP contribution in [0.15, 0.2) is 4.79 Å². The van der Waals surface area contributed by atoms with Crippen molar-refractivity contribution in [3.05, 3.63) is 19.7 Å². The largest absolute Gasteiger partial charge is 0.412 e. The highest BCUT2D eigenvalue weighted by Gasteiger charge is 2.10. The second kappa shape index (κ2) is 8.97. The van der Waals surface area contributed by atoms with Crippen molar-refractivity contribution >= 4 is 34.7 Å². The SMILES string of the molecule is CCCCCCCCn1sc(Cl)c(Cl)c1=O.O. The van der Waals surface area contributed by atoms with Crippen LogP contribution in [0, 0.1) is 0 Å². The highest BCUT2D eigenvalue weighted by molar-refractivity contribution is 7.11. The molecule has 0 aliphatic heterocycles. The van der Waals surface area contributed by atoms with Gasteiger partial charge in [-0.1, -0.05) is 62.2 Å². The van der Waals surface area contributed by atoms with Crippen molar-refractivity contribution in [1.29, 1.82) is 0 Å². The predicted octanol–water partition coefficient (Wildman–Crippen LogP) is 3.75. The Morgan fingerprint density at radius 3 is 2.24 bits per heavy atom. The lowest BCUT2D eigenvalue weighted by Crippen LogP contribution is -2.13. The first-order chi connectivity index (χ1) is 7.66. The quantitative estimate of drug-likeness (QED) is 0.707. The average Bonchev–Trinajstić information content (AvgIpc) is 2.51. The zero-order valence-corrected chi connectivity index (χ0v) is 12.3. The minimum absolute atomic E-state index is 0. The van der Waals surface area contributed by atoms with Crippen LogP contribution in [0.1, 0.15) is 45.4 Å². The standard InChI is InChI=1S/C11H17Cl2NOS.H2O/c1-2-3-4-5-6-7-8-14-11(15)9(12)10(13)16-14;/h2-8H2,1H3;1H2. The summed E-state index contributed by atoms with van der Waals surface area (Å²) >= 11 is 12.8. The summed E-state index contributed by atoms with van der Waals surface area (Å²) in [5.74, 6) is 0. The van der Waals surface area contributed by atoms with E-state index in [1.807, 2.05) is 0 Å². The number of hydrogen-bond donors (Lipinski definition) is 0. The summed E-state index contributed by atoms with van der Waals surface area (Å²) in [5, 5.41) is 0.164. The van der Waals surface area contributed by atoms with Crippen LogP contribution in [0.4, 0.5) is 0 Å². The molecular weight excluding hydrogens is 281 g/mol. The fourth-order valence-corrected chi connectivity index (χ4v) is 2.90. The van der Waals surface area contributed by atoms with Crippen LogP contribution in [0.5, 0.6) is 0 Å². The highest BCUT2D eigenvalue weighted by atomic mass is 35.5. The number of halogens is 2. The summed E-state index contributed by atoms with van der Waals surface area (Å²) in [6.07, 6.45) is 7.29. The topological polar surface area (TPSA) is 53.5 Å². The van der Waals surface area contributed by atoms with Gasteiger partial charge in [0.05, 0.1) is 0 Å². The number of aromatic nitrogens is 1. The second-order valence-corrected chi connectivity index (χ2v) is 5.87. The first-order valence-electron chi connectivity index (χ1n) is 5.72. The van der Waals surface area contributed by atoms with E-state index < -0.39 is 0 Å². The number of unbranched alkanes of at least 4 members (excludes halogenated alkanes) is 5. The Morgan fingerprint density at radius 1 is 1.12 bits per heavy atom. The highest BCUT2D eigenvalue weighted by Crippen LogP contribution is 2.23. The molecule has 0 aliphatic carbocycles. The van der Waals surface area contributed by atoms with Gasteiger partial charge in [0.25, 0.3) is 5.56 Å². The number of nitrogens with zero attached hydrogens (tertiary/aromatic N) is 1. The third kappa shape index (κ3) is 5.42. The number of rotatable bonds is 7. The van der Waals surface area contributed by atoms with E-state index in [1.54, 1.807) is 3.96 Å². The van der Waals surface area contributed by atoms with Gasteiger partial charge in [0.2, 0.25) is 0 Å². The second-order valence-electron chi connectivity index (χ2n) is 3.85. The van der Waals surface area contributed by atoms with Gasteiger partial charge in [0.15, 0.2) is 0 Å². The summed E-state index contributed by atoms with van der Waals surface area (Å²) in [5.41, 5.74) is -0.148. The van der Waals surface area contributed by atoms with Crippen LogP contribution in [0.25, 0.3) is 0 Å². The van der Waals surface area contributed by atoms with Crippen molar-refractivity contribution < 1.29 is 5.48 Å². The van der Waals surface area contributed by atoms with Crippen molar-refractivity contribution in [2.45, 2.75) is 52.0 Å². The average molecular weight is 300 g/mol. The summed E-state index contributed by atoms with van der Waals surface area (Å²) in [6, 6.07) is 0. The predicted molar refractivity (Wildman–Crippen MR) is 75.6 cm³/mol. The van der Waals surface area contributed by atoms with Crippen molar-refractivity contribution in [2.75, 3.05) is 0 Å². The van der Waals surface area contributed by atoms with E-state index in [-0.39, 0.29) is 16.1 Å². The van der Waals surface area contributed by atoms with Crippen molar-refractivity contribution in [2.24, 2.45) is 0 Å². The van der Waals surface area contributed by atoms with Crippen LogP contribution in [0.2, 0.25) is 9.36 Å². The van der Waals surface area contributed by atoms with E-state index in [9.17, 15) is 4.79 Å². The molecule has 0 amide bonds. The molecule has 100 valence electrons. The smallest absolute Gasteiger partial charge is 0.280 e. The lowest BCUT2D eigenvalue weighted by molar-refractivity contribution is 0.569. The Kier molecular flexibility index (Phi) is 8.96. The van der Waals surface area contributed by atoms with Gasteiger partial charge in [-0.05, 0) is 18.0 Å². The molecule has 2 N–H and O–H groups in total. The molecule has 0 atom stereocenters. The van der Waals surface area contributed by atoms with Gasteiger partial charge < -0.3 is 5.48 Å². The molecule has 6 heteroatoms. The lowest BCUT2D eigenvalue weighted by Gasteiger charge is -2.00. The number of aryl methyl sites for hydroxylation is 1. The first kappa shape index (κ1) is 17.0. The van der Waals surface area contributed by atoms with Gasteiger partial charge in [0.1, 0.15) is 9.36 Å². The van der Waals surface area contributed by atoms with Crippen LogP contribution in [-0.4, -0.2) is 9.43 Å². The zero-order valence-electron chi connectivity index (χ0n) is 9.97. The minimum atomic E-state index is -0.148. The maximum absolute atomic E-state index is 11.5. The summed E-state index contributed by atoms with van der Waals surface area (Å²) in [4.78, 5) is 11.5. The molecule has 0 bridgehead atoms. The van der Waals surface area contributed by atoms with Gasteiger partial charge in [-0.25, -0.2) is 0 Å². The number of hydrogen-bond acceptors (Lipinski definition) is 2. The molecule has 0 radical (unpaired) electrons. The Labute approximate surface area is 116 Å². The van der Waals surface area contributed by atoms with Crippen LogP contribution in [-0.2, 0) is 6.54 Å². The Balaban J connectivity index is 0.00000256. The monoisotopic (exact) mass is 299 g/mol. The lowest BCUT2D eigenvalue weighted by atomic mass is 10.1. The Morgan fingerprint density at radius 2 is 1.71 bits per heavy atom. The molecule has 0 saturated carbocycles. The summed E-state index contributed by atoms with van der Waals surface area (Å²) in [6.45, 7) is 2.94. The molecule has 0 saturated heterocycles. The van der Waals surface area contributed by atoms with Crippen LogP contribution < -0.4 is 5.56 Å². The molecule has 3 nitrogen and oxygen atoms in total. The molecule has 1 rings (SSSR count). The normalized spacial score (nSPS) is 10.3. The van der Waals surface area contributed by atoms with Gasteiger partial charge in [-0.15, -0.1) is 0 Å². The third-order valence-electron chi connectivity index (χ3n) is 2.49. The van der Waals surface area contributed by atoms with Crippen molar-refractivity contribution in [3.8, 4) is 0 Å². The van der Waals surface area contributed by atoms with Crippen molar-refractivity contribution in [1.82, 2.24) is 3.96 Å². The van der Waals surface area contributed by atoms with Crippen LogP contribution >= 0.6 is 34.7 Å². The molecule has 0 aromatic carbocycles. The Bertz CT molecular complexity index is 376. The third-order valence-corrected chi connectivity index (χ3v) is 4.38. The molecule has 0 fully saturated rings. The molecule has 1 aromatic heterocycles. The van der Waals surface area contributed by atoms with E-state index in [2.05, 4.69) is 6.92 Å². The fourth-order valence-electron chi connectivity index (χ4n) is 1.55. The molecule has 17 heavy (non-hydrogen) atoms. The molecular formula is C11H19Cl2NO2S. The molecule has 0 spiro atoms. The maximum Gasteiger partial charge on any atom is 0.280 e. The summed E-state index contributed by atoms with van der Waals surface area (Å²) < 4.78 is 2.04. The van der Waals surface area contributed by atoms with Crippen LogP contribution in [0.3, 0.4) is 0 Å². The van der Waals surface area contributed by atoms with E-state index >= 15 is 0 Å². The first-order valence-corrected chi connectivity index (χ1v) is 7.25.